The highest BCUT2D eigenvalue weighted by Crippen LogP contribution is 2.59. The van der Waals surface area contributed by atoms with Gasteiger partial charge < -0.3 is 5.73 Å². The maximum atomic E-state index is 6.07. The van der Waals surface area contributed by atoms with Gasteiger partial charge in [-0.15, -0.1) is 0 Å². The maximum Gasteiger partial charge on any atom is 0.0409 e. The first kappa shape index (κ1) is 7.84. The van der Waals surface area contributed by atoms with Crippen molar-refractivity contribution in [1.82, 2.24) is 0 Å². The summed E-state index contributed by atoms with van der Waals surface area (Å²) in [5, 5.41) is 0.846. The van der Waals surface area contributed by atoms with Crippen molar-refractivity contribution < 1.29 is 0 Å². The van der Waals surface area contributed by atoms with Crippen molar-refractivity contribution in [3.63, 3.8) is 0 Å². The standard InChI is InChI=1S/C11H12ClN/c12-7-1-2-8-9(5-7)11(3-4-11)6-10(8)13/h1-2,5,10H,3-4,6,13H2. The summed E-state index contributed by atoms with van der Waals surface area (Å²) in [6, 6.07) is 6.39. The normalized spacial score (nSPS) is 27.7. The van der Waals surface area contributed by atoms with Gasteiger partial charge in [0.15, 0.2) is 0 Å². The van der Waals surface area contributed by atoms with Gasteiger partial charge in [-0.05, 0) is 47.9 Å². The van der Waals surface area contributed by atoms with E-state index >= 15 is 0 Å². The first-order valence-corrected chi connectivity index (χ1v) is 5.15. The molecular weight excluding hydrogens is 182 g/mol. The molecule has 2 aliphatic rings. The van der Waals surface area contributed by atoms with Crippen LogP contribution in [0.15, 0.2) is 18.2 Å². The summed E-state index contributed by atoms with van der Waals surface area (Å²) in [4.78, 5) is 0. The number of nitrogens with two attached hydrogens (primary N) is 1. The topological polar surface area (TPSA) is 26.0 Å². The van der Waals surface area contributed by atoms with Crippen LogP contribution in [0.3, 0.4) is 0 Å². The number of rotatable bonds is 0. The smallest absolute Gasteiger partial charge is 0.0409 e. The number of halogens is 1. The molecule has 1 atom stereocenters. The Hall–Kier alpha value is -0.530. The van der Waals surface area contributed by atoms with Crippen molar-refractivity contribution in [1.29, 1.82) is 0 Å². The van der Waals surface area contributed by atoms with Crippen molar-refractivity contribution in [3.8, 4) is 0 Å². The molecule has 13 heavy (non-hydrogen) atoms. The highest BCUT2D eigenvalue weighted by Gasteiger charge is 2.51. The van der Waals surface area contributed by atoms with Crippen LogP contribution in [0.4, 0.5) is 0 Å². The van der Waals surface area contributed by atoms with E-state index in [4.69, 9.17) is 17.3 Å². The van der Waals surface area contributed by atoms with Crippen LogP contribution in [0.1, 0.15) is 36.4 Å². The van der Waals surface area contributed by atoms with E-state index in [0.29, 0.717) is 5.41 Å². The Morgan fingerprint density at radius 2 is 2.15 bits per heavy atom. The van der Waals surface area contributed by atoms with E-state index in [-0.39, 0.29) is 6.04 Å². The van der Waals surface area contributed by atoms with Crippen molar-refractivity contribution in [2.45, 2.75) is 30.7 Å². The third kappa shape index (κ3) is 0.976. The Kier molecular flexibility index (Phi) is 1.38. The zero-order valence-corrected chi connectivity index (χ0v) is 8.14. The van der Waals surface area contributed by atoms with Crippen LogP contribution in [0, 0.1) is 0 Å². The van der Waals surface area contributed by atoms with Gasteiger partial charge >= 0.3 is 0 Å². The Morgan fingerprint density at radius 3 is 2.85 bits per heavy atom. The first-order valence-electron chi connectivity index (χ1n) is 4.77. The lowest BCUT2D eigenvalue weighted by molar-refractivity contribution is 0.597. The van der Waals surface area contributed by atoms with Gasteiger partial charge in [-0.3, -0.25) is 0 Å². The molecule has 1 aromatic carbocycles. The molecule has 1 fully saturated rings. The van der Waals surface area contributed by atoms with Gasteiger partial charge in [0, 0.05) is 11.1 Å². The molecule has 0 aliphatic heterocycles. The Morgan fingerprint density at radius 1 is 1.38 bits per heavy atom. The van der Waals surface area contributed by atoms with E-state index in [1.807, 2.05) is 6.07 Å². The second-order valence-corrected chi connectivity index (χ2v) is 4.76. The monoisotopic (exact) mass is 193 g/mol. The molecule has 68 valence electrons. The second kappa shape index (κ2) is 2.28. The van der Waals surface area contributed by atoms with Gasteiger partial charge in [0.25, 0.3) is 0 Å². The van der Waals surface area contributed by atoms with Crippen LogP contribution >= 0.6 is 11.6 Å². The SMILES string of the molecule is NC1CC2(CC2)c2cc(Cl)ccc21. The maximum absolute atomic E-state index is 6.07. The number of fused-ring (bicyclic) bond motifs is 2. The molecule has 2 heteroatoms. The summed E-state index contributed by atoms with van der Waals surface area (Å²) >= 11 is 5.99. The van der Waals surface area contributed by atoms with Crippen molar-refractivity contribution in [2.75, 3.05) is 0 Å². The molecule has 1 unspecified atom stereocenters. The lowest BCUT2D eigenvalue weighted by Crippen LogP contribution is -2.07. The molecule has 0 saturated heterocycles. The zero-order chi connectivity index (χ0) is 9.05. The van der Waals surface area contributed by atoms with Gasteiger partial charge in [-0.25, -0.2) is 0 Å². The van der Waals surface area contributed by atoms with E-state index < -0.39 is 0 Å². The third-order valence-electron chi connectivity index (χ3n) is 3.45. The Bertz CT molecular complexity index is 368. The fourth-order valence-corrected chi connectivity index (χ4v) is 2.75. The summed E-state index contributed by atoms with van der Waals surface area (Å²) in [6.45, 7) is 0. The summed E-state index contributed by atoms with van der Waals surface area (Å²) in [7, 11) is 0. The van der Waals surface area contributed by atoms with E-state index in [9.17, 15) is 0 Å². The van der Waals surface area contributed by atoms with Gasteiger partial charge in [-0.1, -0.05) is 17.7 Å². The molecule has 0 amide bonds. The van der Waals surface area contributed by atoms with Gasteiger partial charge in [0.05, 0.1) is 0 Å². The van der Waals surface area contributed by atoms with Crippen molar-refractivity contribution in [3.05, 3.63) is 34.3 Å². The average molecular weight is 194 g/mol. The minimum Gasteiger partial charge on any atom is -0.324 e. The minimum atomic E-state index is 0.245. The molecule has 3 rings (SSSR count). The third-order valence-corrected chi connectivity index (χ3v) is 3.69. The summed E-state index contributed by atoms with van der Waals surface area (Å²) in [5.74, 6) is 0. The minimum absolute atomic E-state index is 0.245. The molecule has 0 radical (unpaired) electrons. The summed E-state index contributed by atoms with van der Waals surface area (Å²) in [5.41, 5.74) is 9.24. The highest BCUT2D eigenvalue weighted by molar-refractivity contribution is 6.30. The van der Waals surface area contributed by atoms with Crippen LogP contribution in [0.25, 0.3) is 0 Å². The highest BCUT2D eigenvalue weighted by atomic mass is 35.5. The molecule has 1 aromatic rings. The van der Waals surface area contributed by atoms with E-state index in [1.54, 1.807) is 0 Å². The van der Waals surface area contributed by atoms with E-state index in [0.717, 1.165) is 11.4 Å². The molecule has 1 spiro atoms. The van der Waals surface area contributed by atoms with Crippen LogP contribution in [0.5, 0.6) is 0 Å². The average Bonchev–Trinajstić information content (AvgIpc) is 2.79. The number of hydrogen-bond acceptors (Lipinski definition) is 1. The number of benzene rings is 1. The van der Waals surface area contributed by atoms with Crippen molar-refractivity contribution in [2.24, 2.45) is 5.73 Å². The van der Waals surface area contributed by atoms with Crippen molar-refractivity contribution >= 4 is 11.6 Å². The Labute approximate surface area is 82.9 Å². The van der Waals surface area contributed by atoms with Crippen LogP contribution < -0.4 is 5.73 Å². The molecular formula is C11H12ClN. The molecule has 2 aliphatic carbocycles. The molecule has 2 N–H and O–H groups in total. The van der Waals surface area contributed by atoms with Crippen LogP contribution in [-0.4, -0.2) is 0 Å². The van der Waals surface area contributed by atoms with Gasteiger partial charge in [-0.2, -0.15) is 0 Å². The van der Waals surface area contributed by atoms with Gasteiger partial charge in [0.1, 0.15) is 0 Å². The quantitative estimate of drug-likeness (QED) is 0.674. The molecule has 0 heterocycles. The van der Waals surface area contributed by atoms with E-state index in [1.165, 1.54) is 24.0 Å². The Balaban J connectivity index is 2.20. The molecule has 1 saturated carbocycles. The van der Waals surface area contributed by atoms with E-state index in [2.05, 4.69) is 12.1 Å². The molecule has 0 aromatic heterocycles. The predicted octanol–water partition coefficient (Wildman–Crippen LogP) is 2.78. The molecule has 0 bridgehead atoms. The first-order chi connectivity index (χ1) is 6.21. The van der Waals surface area contributed by atoms with Crippen LogP contribution in [0.2, 0.25) is 5.02 Å². The zero-order valence-electron chi connectivity index (χ0n) is 7.39. The summed E-state index contributed by atoms with van der Waals surface area (Å²) in [6.07, 6.45) is 3.73. The summed E-state index contributed by atoms with van der Waals surface area (Å²) < 4.78 is 0. The fourth-order valence-electron chi connectivity index (χ4n) is 2.58. The predicted molar refractivity (Wildman–Crippen MR) is 53.9 cm³/mol. The number of hydrogen-bond donors (Lipinski definition) is 1. The largest absolute Gasteiger partial charge is 0.324 e. The van der Waals surface area contributed by atoms with Gasteiger partial charge in [0.2, 0.25) is 0 Å². The van der Waals surface area contributed by atoms with Crippen LogP contribution in [-0.2, 0) is 5.41 Å². The molecule has 1 nitrogen and oxygen atoms in total. The lowest BCUT2D eigenvalue weighted by atomic mass is 9.99. The lowest BCUT2D eigenvalue weighted by Gasteiger charge is -2.06. The second-order valence-electron chi connectivity index (χ2n) is 4.32. The fraction of sp³-hybridized carbons (Fsp3) is 0.455.